The molecule has 0 amide bonds. The Morgan fingerprint density at radius 1 is 0.906 bits per heavy atom. The van der Waals surface area contributed by atoms with E-state index in [9.17, 15) is 18.3 Å². The average Bonchev–Trinajstić information content (AvgIpc) is 3.74. The van der Waals surface area contributed by atoms with Crippen LogP contribution in [-0.4, -0.2) is 70.3 Å². The van der Waals surface area contributed by atoms with Crippen molar-refractivity contribution in [1.82, 2.24) is 19.7 Å². The lowest BCUT2D eigenvalue weighted by Crippen LogP contribution is -2.65. The SMILES string of the molecule is C=C(C)C1CC[C@]2(c3ncn(CCN4CCS(=O)(=O)CC4)n3)CC[C@]3(C)[C@H](CC[C@@H]4[C@@]5(C)CC=C(c6ccc(C(=O)O)cc6)C(C)(C)[C@@H]5CC[C@]43C)[C@@H]12. The molecule has 1 aromatic carbocycles. The van der Waals surface area contributed by atoms with Crippen LogP contribution >= 0.6 is 0 Å². The van der Waals surface area contributed by atoms with E-state index in [4.69, 9.17) is 10.1 Å². The Kier molecular flexibility index (Phi) is 8.85. The molecule has 8 nitrogen and oxygen atoms in total. The van der Waals surface area contributed by atoms with E-state index in [-0.39, 0.29) is 38.6 Å². The summed E-state index contributed by atoms with van der Waals surface area (Å²) < 4.78 is 26.0. The first-order chi connectivity index (χ1) is 25.0. The highest BCUT2D eigenvalue weighted by Gasteiger charge is 2.71. The van der Waals surface area contributed by atoms with E-state index in [0.29, 0.717) is 48.2 Å². The van der Waals surface area contributed by atoms with Gasteiger partial charge in [0.1, 0.15) is 6.33 Å². The lowest BCUT2D eigenvalue weighted by molar-refractivity contribution is -0.218. The fourth-order valence-electron chi connectivity index (χ4n) is 14.3. The molecule has 5 fully saturated rings. The Balaban J connectivity index is 1.07. The molecule has 0 spiro atoms. The molecule has 9 heteroatoms. The number of aromatic carboxylic acids is 1. The smallest absolute Gasteiger partial charge is 0.335 e. The van der Waals surface area contributed by atoms with Crippen molar-refractivity contribution in [2.45, 2.75) is 111 Å². The second-order valence-corrected chi connectivity index (χ2v) is 21.9. The third kappa shape index (κ3) is 5.58. The molecule has 0 radical (unpaired) electrons. The summed E-state index contributed by atoms with van der Waals surface area (Å²) in [7, 11) is -2.89. The minimum atomic E-state index is -2.89. The second kappa shape index (κ2) is 12.6. The number of nitrogens with zero attached hydrogens (tertiary/aromatic N) is 4. The standard InChI is InChI=1S/C44H62N4O4S/c1-29(2)32-14-19-44(39-45-28-48(46-39)23-22-47-24-26-53(51,52)27-25-47)21-20-42(6)34(37(32)44)12-13-36-41(5)17-15-33(30-8-10-31(11-9-30)38(49)50)40(3,4)35(41)16-18-43(36,42)7/h8-11,15,28,32,34-37H,1,12-14,16-27H2,2-7H3,(H,49,50)/t32?,34-,35+,36-,37-,41+,42-,43-,44+/m1/s1. The molecule has 0 bridgehead atoms. The Labute approximate surface area is 317 Å². The van der Waals surface area contributed by atoms with Gasteiger partial charge in [-0.15, -0.1) is 0 Å². The van der Waals surface area contributed by atoms with Gasteiger partial charge in [0.05, 0.1) is 23.6 Å². The van der Waals surface area contributed by atoms with Gasteiger partial charge >= 0.3 is 5.97 Å². The first-order valence-electron chi connectivity index (χ1n) is 20.5. The van der Waals surface area contributed by atoms with Crippen molar-refractivity contribution < 1.29 is 18.3 Å². The molecular formula is C44H62N4O4S. The number of allylic oxidation sites excluding steroid dienone is 3. The van der Waals surface area contributed by atoms with E-state index in [2.05, 4.69) is 59.1 Å². The number of aromatic nitrogens is 3. The first-order valence-corrected chi connectivity index (χ1v) is 22.3. The van der Waals surface area contributed by atoms with E-state index in [1.54, 1.807) is 12.1 Å². The van der Waals surface area contributed by atoms with Gasteiger partial charge < -0.3 is 5.11 Å². The summed E-state index contributed by atoms with van der Waals surface area (Å²) in [5.74, 6) is 3.45. The molecule has 1 aliphatic heterocycles. The number of sulfone groups is 1. The van der Waals surface area contributed by atoms with Crippen molar-refractivity contribution in [2.75, 3.05) is 31.1 Å². The van der Waals surface area contributed by atoms with Crippen LogP contribution < -0.4 is 0 Å². The molecule has 6 aliphatic rings. The van der Waals surface area contributed by atoms with Crippen LogP contribution in [-0.2, 0) is 21.8 Å². The van der Waals surface area contributed by atoms with Crippen LogP contribution in [0.4, 0.5) is 0 Å². The van der Waals surface area contributed by atoms with Crippen LogP contribution in [0.2, 0.25) is 0 Å². The number of carboxylic acid groups (broad SMARTS) is 1. The Bertz CT molecular complexity index is 1920. The zero-order chi connectivity index (χ0) is 37.8. The normalized spacial score (nSPS) is 40.3. The summed E-state index contributed by atoms with van der Waals surface area (Å²) in [6.45, 7) is 22.5. The fraction of sp³-hybridized carbons (Fsp3) is 0.705. The van der Waals surface area contributed by atoms with E-state index in [0.717, 1.165) is 38.2 Å². The van der Waals surface area contributed by atoms with Crippen LogP contribution in [0.1, 0.15) is 121 Å². The topological polar surface area (TPSA) is 105 Å². The predicted molar refractivity (Wildman–Crippen MR) is 210 cm³/mol. The Morgan fingerprint density at radius 3 is 2.30 bits per heavy atom. The number of hydrogen-bond acceptors (Lipinski definition) is 6. The van der Waals surface area contributed by atoms with Gasteiger partial charge in [0, 0.05) is 25.0 Å². The molecule has 2 heterocycles. The van der Waals surface area contributed by atoms with Gasteiger partial charge in [-0.2, -0.15) is 5.10 Å². The van der Waals surface area contributed by atoms with Crippen molar-refractivity contribution in [3.63, 3.8) is 0 Å². The summed E-state index contributed by atoms with van der Waals surface area (Å²) in [4.78, 5) is 18.9. The summed E-state index contributed by atoms with van der Waals surface area (Å²) in [5.41, 5.74) is 4.83. The highest BCUT2D eigenvalue weighted by atomic mass is 32.2. The summed E-state index contributed by atoms with van der Waals surface area (Å²) in [5, 5.41) is 14.8. The molecule has 4 saturated carbocycles. The number of rotatable bonds is 7. The number of carboxylic acids is 1. The van der Waals surface area contributed by atoms with E-state index in [1.165, 1.54) is 55.2 Å². The highest BCUT2D eigenvalue weighted by molar-refractivity contribution is 7.91. The van der Waals surface area contributed by atoms with Gasteiger partial charge in [-0.3, -0.25) is 9.58 Å². The van der Waals surface area contributed by atoms with Gasteiger partial charge in [-0.25, -0.2) is 18.2 Å². The fourth-order valence-corrected chi connectivity index (χ4v) is 15.5. The van der Waals surface area contributed by atoms with Gasteiger partial charge in [0.2, 0.25) is 0 Å². The lowest BCUT2D eigenvalue weighted by atomic mass is 9.32. The molecule has 5 aliphatic carbocycles. The number of hydrogen-bond donors (Lipinski definition) is 1. The maximum Gasteiger partial charge on any atom is 0.335 e. The minimum Gasteiger partial charge on any atom is -0.478 e. The molecule has 1 unspecified atom stereocenters. The zero-order valence-corrected chi connectivity index (χ0v) is 33.9. The lowest BCUT2D eigenvalue weighted by Gasteiger charge is -2.72. The highest BCUT2D eigenvalue weighted by Crippen LogP contribution is 2.77. The average molecular weight is 743 g/mol. The maximum absolute atomic E-state index is 12.0. The van der Waals surface area contributed by atoms with Crippen molar-refractivity contribution in [2.24, 2.45) is 51.2 Å². The summed E-state index contributed by atoms with van der Waals surface area (Å²) in [6.07, 6.45) is 15.2. The number of benzene rings is 1. The second-order valence-electron chi connectivity index (χ2n) is 19.6. The van der Waals surface area contributed by atoms with Gasteiger partial charge in [0.25, 0.3) is 0 Å². The maximum atomic E-state index is 12.0. The molecule has 1 saturated heterocycles. The first kappa shape index (κ1) is 37.2. The molecule has 9 atom stereocenters. The van der Waals surface area contributed by atoms with Crippen molar-refractivity contribution in [1.29, 1.82) is 0 Å². The van der Waals surface area contributed by atoms with Crippen LogP contribution in [0.15, 0.2) is 48.8 Å². The van der Waals surface area contributed by atoms with Crippen LogP contribution in [0.5, 0.6) is 0 Å². The number of carbonyl (C=O) groups is 1. The van der Waals surface area contributed by atoms with Crippen molar-refractivity contribution in [3.8, 4) is 0 Å². The summed E-state index contributed by atoms with van der Waals surface area (Å²) in [6, 6.07) is 7.57. The van der Waals surface area contributed by atoms with Crippen LogP contribution in [0, 0.1) is 51.2 Å². The molecule has 53 heavy (non-hydrogen) atoms. The molecule has 1 N–H and O–H groups in total. The predicted octanol–water partition coefficient (Wildman–Crippen LogP) is 8.31. The minimum absolute atomic E-state index is 0.00869. The third-order valence-corrected chi connectivity index (χ3v) is 18.8. The Hall–Kier alpha value is -2.78. The quantitative estimate of drug-likeness (QED) is 0.285. The zero-order valence-electron chi connectivity index (χ0n) is 33.0. The van der Waals surface area contributed by atoms with Gasteiger partial charge in [-0.1, -0.05) is 65.0 Å². The van der Waals surface area contributed by atoms with Crippen LogP contribution in [0.25, 0.3) is 5.57 Å². The number of fused-ring (bicyclic) bond motifs is 7. The monoisotopic (exact) mass is 742 g/mol. The van der Waals surface area contributed by atoms with Gasteiger partial charge in [-0.05, 0) is 139 Å². The van der Waals surface area contributed by atoms with Gasteiger partial charge in [0.15, 0.2) is 15.7 Å². The summed E-state index contributed by atoms with van der Waals surface area (Å²) >= 11 is 0. The largest absolute Gasteiger partial charge is 0.478 e. The van der Waals surface area contributed by atoms with Crippen LogP contribution in [0.3, 0.4) is 0 Å². The molecule has 288 valence electrons. The molecule has 8 rings (SSSR count). The van der Waals surface area contributed by atoms with Crippen molar-refractivity contribution in [3.05, 3.63) is 65.8 Å². The third-order valence-electron chi connectivity index (χ3n) is 17.2. The van der Waals surface area contributed by atoms with Crippen molar-refractivity contribution >= 4 is 21.4 Å². The van der Waals surface area contributed by atoms with E-state index < -0.39 is 15.8 Å². The van der Waals surface area contributed by atoms with E-state index in [1.807, 2.05) is 23.1 Å². The molecule has 2 aromatic rings. The molecule has 1 aromatic heterocycles. The van der Waals surface area contributed by atoms with E-state index >= 15 is 0 Å². The molecular weight excluding hydrogens is 681 g/mol. The Morgan fingerprint density at radius 2 is 1.62 bits per heavy atom.